The molecule has 64 heavy (non-hydrogen) atoms. The van der Waals surface area contributed by atoms with Crippen LogP contribution in [0.25, 0.3) is 0 Å². The number of allylic oxidation sites excluding steroid dienone is 3. The van der Waals surface area contributed by atoms with Crippen molar-refractivity contribution in [3.63, 3.8) is 0 Å². The summed E-state index contributed by atoms with van der Waals surface area (Å²) in [5, 5.41) is 58.0. The van der Waals surface area contributed by atoms with Crippen LogP contribution in [0.1, 0.15) is 119 Å². The Morgan fingerprint density at radius 2 is 1.61 bits per heavy atom. The molecule has 17 heteroatoms. The Bertz CT molecular complexity index is 1720. The van der Waals surface area contributed by atoms with E-state index in [1.165, 1.54) is 46.3 Å². The molecule has 4 aliphatic rings. The number of fused-ring (bicyclic) bond motifs is 6. The number of hydrogen-bond donors (Lipinski definition) is 5. The molecule has 4 heterocycles. The summed E-state index contributed by atoms with van der Waals surface area (Å²) in [5.41, 5.74) is -2.02. The van der Waals surface area contributed by atoms with Crippen molar-refractivity contribution in [1.82, 2.24) is 0 Å². The average molecular weight is 909 g/mol. The van der Waals surface area contributed by atoms with Crippen molar-refractivity contribution in [3.05, 3.63) is 48.1 Å². The number of aliphatic hydroxyl groups is 5. The number of aliphatic hydroxyl groups excluding tert-OH is 3. The van der Waals surface area contributed by atoms with Gasteiger partial charge in [0.25, 0.3) is 0 Å². The van der Waals surface area contributed by atoms with Crippen LogP contribution in [0.5, 0.6) is 0 Å². The standard InChI is InChI=1S/C47H72O17/c1-10-11-12-13-14-15-39(51)62-43-31(22-41(53)58-9)21-34-25-37(28(2)48)61-42(54)24-32(50)23-35-26-38(59-29(3)49)45(6,7)46(55,63-35)27-36-19-30(20-40(52)57-8)18-33(60-36)16-17-44(4,5)47(43,56)64-34/h12-17,20,28-29,31-38,43,48-50,55-56H,10-11,18-19,21-27H2,1-9H3/b13-12+,15-14+,17-16+,30-20+/t28-,29+,31+,32-,33+,34+,35-,36+,37-,38+,43+,46+,47-/m1/s1. The van der Waals surface area contributed by atoms with Crippen LogP contribution < -0.4 is 0 Å². The number of carbonyl (C=O) groups is 4. The topological polar surface area (TPSA) is 243 Å². The summed E-state index contributed by atoms with van der Waals surface area (Å²) in [5.74, 6) is -8.24. The second-order valence-electron chi connectivity index (χ2n) is 18.8. The molecule has 0 amide bonds. The van der Waals surface area contributed by atoms with Crippen molar-refractivity contribution in [3.8, 4) is 0 Å². The van der Waals surface area contributed by atoms with Crippen LogP contribution in [0.4, 0.5) is 0 Å². The smallest absolute Gasteiger partial charge is 0.331 e. The van der Waals surface area contributed by atoms with Crippen LogP contribution >= 0.6 is 0 Å². The van der Waals surface area contributed by atoms with Gasteiger partial charge in [0.1, 0.15) is 6.10 Å². The van der Waals surface area contributed by atoms with Crippen LogP contribution in [-0.4, -0.2) is 136 Å². The Morgan fingerprint density at radius 3 is 2.25 bits per heavy atom. The highest BCUT2D eigenvalue weighted by Gasteiger charge is 2.60. The molecule has 0 unspecified atom stereocenters. The normalized spacial score (nSPS) is 36.9. The van der Waals surface area contributed by atoms with Crippen molar-refractivity contribution in [2.45, 2.75) is 192 Å². The predicted octanol–water partition coefficient (Wildman–Crippen LogP) is 4.15. The van der Waals surface area contributed by atoms with E-state index in [-0.39, 0.29) is 51.4 Å². The summed E-state index contributed by atoms with van der Waals surface area (Å²) in [6.45, 7) is 11.6. The lowest BCUT2D eigenvalue weighted by Crippen LogP contribution is -2.64. The molecule has 4 aliphatic heterocycles. The molecule has 0 spiro atoms. The highest BCUT2D eigenvalue weighted by atomic mass is 16.7. The minimum Gasteiger partial charge on any atom is -0.469 e. The third-order valence-electron chi connectivity index (χ3n) is 12.8. The molecule has 0 aromatic heterocycles. The van der Waals surface area contributed by atoms with E-state index < -0.39 is 120 Å². The number of hydrogen-bond acceptors (Lipinski definition) is 17. The average Bonchev–Trinajstić information content (AvgIpc) is 3.19. The van der Waals surface area contributed by atoms with Gasteiger partial charge in [-0.2, -0.15) is 0 Å². The Hall–Kier alpha value is -3.52. The van der Waals surface area contributed by atoms with E-state index in [1.54, 1.807) is 45.9 Å². The summed E-state index contributed by atoms with van der Waals surface area (Å²) in [6, 6.07) is 0. The molecule has 0 aromatic rings. The Balaban J connectivity index is 1.87. The Labute approximate surface area is 376 Å². The van der Waals surface area contributed by atoms with Gasteiger partial charge in [0, 0.05) is 54.6 Å². The number of cyclic esters (lactones) is 1. The van der Waals surface area contributed by atoms with Gasteiger partial charge in [-0.15, -0.1) is 0 Å². The fourth-order valence-corrected chi connectivity index (χ4v) is 9.03. The molecule has 3 saturated heterocycles. The number of methoxy groups -OCH3 is 2. The van der Waals surface area contributed by atoms with Gasteiger partial charge >= 0.3 is 23.9 Å². The van der Waals surface area contributed by atoms with Crippen LogP contribution in [0.2, 0.25) is 0 Å². The molecule has 5 N–H and O–H groups in total. The van der Waals surface area contributed by atoms with Gasteiger partial charge in [0.05, 0.1) is 69.8 Å². The van der Waals surface area contributed by atoms with Crippen molar-refractivity contribution < 1.29 is 82.6 Å². The van der Waals surface area contributed by atoms with Crippen LogP contribution in [0.3, 0.4) is 0 Å². The van der Waals surface area contributed by atoms with Crippen LogP contribution in [0.15, 0.2) is 48.1 Å². The molecule has 0 saturated carbocycles. The van der Waals surface area contributed by atoms with E-state index >= 15 is 0 Å². The molecular formula is C47H72O17. The predicted molar refractivity (Wildman–Crippen MR) is 229 cm³/mol. The van der Waals surface area contributed by atoms with E-state index in [4.69, 9.17) is 37.9 Å². The molecule has 0 aromatic carbocycles. The highest BCUT2D eigenvalue weighted by molar-refractivity contribution is 5.83. The SMILES string of the molecule is CCC/C=C/C=C/C(=O)O[C@H]1[C@H](CC(=O)OC)C[C@H]2C[C@H]([C@@H](C)O)OC(=O)C[C@H](O)C[C@@H]3C[C@H](O[C@@H](C)O)C(C)(C)[C@](O)(C[C@@H]4C/C(=C/C(=O)OC)C[C@H](/C=C/C(C)(C)[C@]1(O)O2)O4)O3. The summed E-state index contributed by atoms with van der Waals surface area (Å²) in [4.78, 5) is 52.5. The first-order chi connectivity index (χ1) is 29.9. The second kappa shape index (κ2) is 22.8. The fourth-order valence-electron chi connectivity index (χ4n) is 9.03. The number of unbranched alkanes of at least 4 members (excludes halogenated alkanes) is 1. The maximum Gasteiger partial charge on any atom is 0.331 e. The van der Waals surface area contributed by atoms with Gasteiger partial charge in [-0.05, 0) is 39.5 Å². The van der Waals surface area contributed by atoms with Gasteiger partial charge in [0.15, 0.2) is 18.2 Å². The molecule has 0 aliphatic carbocycles. The van der Waals surface area contributed by atoms with Crippen LogP contribution in [0, 0.1) is 16.7 Å². The summed E-state index contributed by atoms with van der Waals surface area (Å²) in [7, 11) is 2.46. The third kappa shape index (κ3) is 13.8. The largest absolute Gasteiger partial charge is 0.469 e. The number of rotatable bonds is 11. The van der Waals surface area contributed by atoms with E-state index in [0.29, 0.717) is 5.57 Å². The van der Waals surface area contributed by atoms with E-state index in [2.05, 4.69) is 0 Å². The molecule has 17 nitrogen and oxygen atoms in total. The van der Waals surface area contributed by atoms with Crippen molar-refractivity contribution in [1.29, 1.82) is 0 Å². The Morgan fingerprint density at radius 1 is 0.906 bits per heavy atom. The maximum atomic E-state index is 13.5. The quantitative estimate of drug-likeness (QED) is 0.0488. The first-order valence-corrected chi connectivity index (χ1v) is 22.4. The monoisotopic (exact) mass is 908 g/mol. The molecular weight excluding hydrogens is 836 g/mol. The van der Waals surface area contributed by atoms with Crippen molar-refractivity contribution in [2.24, 2.45) is 16.7 Å². The lowest BCUT2D eigenvalue weighted by Gasteiger charge is -2.54. The molecule has 4 rings (SSSR count). The van der Waals surface area contributed by atoms with E-state index in [1.807, 2.05) is 13.0 Å². The molecule has 6 bridgehead atoms. The Kier molecular flexibility index (Phi) is 18.9. The van der Waals surface area contributed by atoms with Crippen molar-refractivity contribution >= 4 is 23.9 Å². The first-order valence-electron chi connectivity index (χ1n) is 22.4. The molecule has 13 atom stereocenters. The summed E-state index contributed by atoms with van der Waals surface area (Å²) >= 11 is 0. The number of carbonyl (C=O) groups excluding carboxylic acids is 4. The lowest BCUT2D eigenvalue weighted by molar-refractivity contribution is -0.361. The summed E-state index contributed by atoms with van der Waals surface area (Å²) < 4.78 is 47.2. The summed E-state index contributed by atoms with van der Waals surface area (Å²) in [6.07, 6.45) is 1.07. The number of ether oxygens (including phenoxy) is 8. The van der Waals surface area contributed by atoms with Gasteiger partial charge in [-0.3, -0.25) is 9.59 Å². The van der Waals surface area contributed by atoms with Gasteiger partial charge in [0.2, 0.25) is 5.79 Å². The first kappa shape index (κ1) is 53.1. The zero-order valence-electron chi connectivity index (χ0n) is 38.8. The van der Waals surface area contributed by atoms with Crippen molar-refractivity contribution in [2.75, 3.05) is 14.2 Å². The third-order valence-corrected chi connectivity index (χ3v) is 12.8. The van der Waals surface area contributed by atoms with Gasteiger partial charge < -0.3 is 63.4 Å². The molecule has 362 valence electrons. The number of esters is 4. The molecule has 3 fully saturated rings. The minimum absolute atomic E-state index is 0.00172. The fraction of sp³-hybridized carbons (Fsp3) is 0.745. The van der Waals surface area contributed by atoms with E-state index in [9.17, 15) is 44.7 Å². The second-order valence-corrected chi connectivity index (χ2v) is 18.8. The van der Waals surface area contributed by atoms with Gasteiger partial charge in [-0.25, -0.2) is 9.59 Å². The maximum absolute atomic E-state index is 13.5. The van der Waals surface area contributed by atoms with Crippen LogP contribution in [-0.2, 0) is 57.1 Å². The van der Waals surface area contributed by atoms with E-state index in [0.717, 1.165) is 12.8 Å². The molecule has 0 radical (unpaired) electrons. The zero-order chi connectivity index (χ0) is 47.6. The highest BCUT2D eigenvalue weighted by Crippen LogP contribution is 2.50. The lowest BCUT2D eigenvalue weighted by atomic mass is 9.70. The van der Waals surface area contributed by atoms with Gasteiger partial charge in [-0.1, -0.05) is 77.0 Å². The minimum atomic E-state index is -2.39. The zero-order valence-corrected chi connectivity index (χ0v) is 38.8.